The second-order valence-corrected chi connectivity index (χ2v) is 3.15. The predicted molar refractivity (Wildman–Crippen MR) is 42.4 cm³/mol. The van der Waals surface area contributed by atoms with E-state index < -0.39 is 5.97 Å². The van der Waals surface area contributed by atoms with Crippen LogP contribution in [-0.2, 0) is 4.79 Å². The van der Waals surface area contributed by atoms with Crippen LogP contribution in [0.25, 0.3) is 0 Å². The Balaban J connectivity index is 2.30. The van der Waals surface area contributed by atoms with Crippen molar-refractivity contribution in [3.05, 3.63) is 0 Å². The van der Waals surface area contributed by atoms with Gasteiger partial charge in [0.2, 0.25) is 0 Å². The van der Waals surface area contributed by atoms with Gasteiger partial charge < -0.3 is 10.4 Å². The highest BCUT2D eigenvalue weighted by Crippen LogP contribution is 2.16. The molecule has 0 saturated carbocycles. The van der Waals surface area contributed by atoms with Gasteiger partial charge in [0.05, 0.1) is 0 Å². The van der Waals surface area contributed by atoms with Crippen LogP contribution in [0.5, 0.6) is 0 Å². The molecule has 0 amide bonds. The maximum absolute atomic E-state index is 10.5. The lowest BCUT2D eigenvalue weighted by Crippen LogP contribution is -2.43. The van der Waals surface area contributed by atoms with E-state index in [-0.39, 0.29) is 6.04 Å². The topological polar surface area (TPSA) is 49.3 Å². The summed E-state index contributed by atoms with van der Waals surface area (Å²) in [5, 5.41) is 11.7. The Hall–Kier alpha value is -0.570. The molecule has 2 atom stereocenters. The molecule has 0 bridgehead atoms. The Morgan fingerprint density at radius 3 is 2.73 bits per heavy atom. The molecule has 0 spiro atoms. The van der Waals surface area contributed by atoms with Crippen molar-refractivity contribution >= 4 is 5.97 Å². The van der Waals surface area contributed by atoms with Gasteiger partial charge in [-0.2, -0.15) is 0 Å². The summed E-state index contributed by atoms with van der Waals surface area (Å²) in [5.74, 6) is -0.0230. The Bertz CT molecular complexity index is 139. The molecule has 0 aromatic heterocycles. The van der Waals surface area contributed by atoms with Crippen molar-refractivity contribution in [1.82, 2.24) is 5.32 Å². The number of nitrogens with one attached hydrogen (secondary N) is 1. The molecule has 0 aliphatic carbocycles. The molecule has 0 radical (unpaired) electrons. The van der Waals surface area contributed by atoms with Gasteiger partial charge in [-0.05, 0) is 25.3 Å². The van der Waals surface area contributed by atoms with E-state index in [1.807, 2.05) is 0 Å². The van der Waals surface area contributed by atoms with Crippen molar-refractivity contribution in [1.29, 1.82) is 0 Å². The van der Waals surface area contributed by atoms with Crippen LogP contribution in [-0.4, -0.2) is 23.7 Å². The lowest BCUT2D eigenvalue weighted by Gasteiger charge is -2.26. The average Bonchev–Trinajstić information content (AvgIpc) is 2.05. The summed E-state index contributed by atoms with van der Waals surface area (Å²) in [6.45, 7) is 3.01. The van der Waals surface area contributed by atoms with E-state index in [0.717, 1.165) is 25.8 Å². The van der Waals surface area contributed by atoms with E-state index >= 15 is 0 Å². The SMILES string of the molecule is CCC1CCC(C(=O)O)NC1. The smallest absolute Gasteiger partial charge is 0.320 e. The number of aliphatic carboxylic acids is 1. The predicted octanol–water partition coefficient (Wildman–Crippen LogP) is 0.849. The summed E-state index contributed by atoms with van der Waals surface area (Å²) >= 11 is 0. The summed E-state index contributed by atoms with van der Waals surface area (Å²) in [4.78, 5) is 10.5. The van der Waals surface area contributed by atoms with E-state index in [1.54, 1.807) is 0 Å². The van der Waals surface area contributed by atoms with Crippen molar-refractivity contribution in [3.63, 3.8) is 0 Å². The Morgan fingerprint density at radius 2 is 2.36 bits per heavy atom. The van der Waals surface area contributed by atoms with Crippen LogP contribution < -0.4 is 5.32 Å². The minimum absolute atomic E-state index is 0.294. The molecule has 1 fully saturated rings. The Labute approximate surface area is 66.8 Å². The van der Waals surface area contributed by atoms with Crippen LogP contribution in [0.3, 0.4) is 0 Å². The molecule has 3 heteroatoms. The van der Waals surface area contributed by atoms with E-state index in [4.69, 9.17) is 5.11 Å². The molecule has 1 saturated heterocycles. The van der Waals surface area contributed by atoms with Gasteiger partial charge in [0, 0.05) is 0 Å². The van der Waals surface area contributed by atoms with Gasteiger partial charge in [0.15, 0.2) is 0 Å². The Kier molecular flexibility index (Phi) is 2.88. The highest BCUT2D eigenvalue weighted by Gasteiger charge is 2.23. The zero-order valence-electron chi connectivity index (χ0n) is 6.84. The monoisotopic (exact) mass is 157 g/mol. The fraction of sp³-hybridized carbons (Fsp3) is 0.875. The molecule has 1 rings (SSSR count). The van der Waals surface area contributed by atoms with Gasteiger partial charge in [-0.15, -0.1) is 0 Å². The average molecular weight is 157 g/mol. The first-order valence-corrected chi connectivity index (χ1v) is 4.20. The third-order valence-electron chi connectivity index (χ3n) is 2.39. The number of piperidine rings is 1. The summed E-state index contributed by atoms with van der Waals surface area (Å²) in [5.41, 5.74) is 0. The number of carboxylic acids is 1. The number of carboxylic acid groups (broad SMARTS) is 1. The minimum Gasteiger partial charge on any atom is -0.480 e. The van der Waals surface area contributed by atoms with Crippen molar-refractivity contribution in [3.8, 4) is 0 Å². The van der Waals surface area contributed by atoms with E-state index in [2.05, 4.69) is 12.2 Å². The zero-order valence-corrected chi connectivity index (χ0v) is 6.84. The molecule has 0 aromatic carbocycles. The van der Waals surface area contributed by atoms with Gasteiger partial charge in [-0.25, -0.2) is 0 Å². The van der Waals surface area contributed by atoms with Crippen molar-refractivity contribution in [2.75, 3.05) is 6.54 Å². The molecule has 11 heavy (non-hydrogen) atoms. The van der Waals surface area contributed by atoms with Gasteiger partial charge in [-0.3, -0.25) is 4.79 Å². The van der Waals surface area contributed by atoms with E-state index in [1.165, 1.54) is 0 Å². The lowest BCUT2D eigenvalue weighted by atomic mass is 9.93. The molecule has 1 heterocycles. The second-order valence-electron chi connectivity index (χ2n) is 3.15. The third kappa shape index (κ3) is 2.19. The zero-order chi connectivity index (χ0) is 8.27. The molecule has 0 aromatic rings. The van der Waals surface area contributed by atoms with Gasteiger partial charge >= 0.3 is 5.97 Å². The summed E-state index contributed by atoms with van der Waals surface area (Å²) in [6.07, 6.45) is 2.99. The van der Waals surface area contributed by atoms with Crippen LogP contribution in [0.4, 0.5) is 0 Å². The first-order valence-electron chi connectivity index (χ1n) is 4.20. The van der Waals surface area contributed by atoms with Gasteiger partial charge in [0.25, 0.3) is 0 Å². The van der Waals surface area contributed by atoms with E-state index in [9.17, 15) is 4.79 Å². The van der Waals surface area contributed by atoms with Crippen LogP contribution in [0, 0.1) is 5.92 Å². The molecular formula is C8H15NO2. The molecule has 2 N–H and O–H groups in total. The largest absolute Gasteiger partial charge is 0.480 e. The molecular weight excluding hydrogens is 142 g/mol. The summed E-state index contributed by atoms with van der Waals surface area (Å²) in [6, 6.07) is -0.294. The highest BCUT2D eigenvalue weighted by molar-refractivity contribution is 5.73. The number of carbonyl (C=O) groups is 1. The standard InChI is InChI=1S/C8H15NO2/c1-2-6-3-4-7(8(10)11)9-5-6/h6-7,9H,2-5H2,1H3,(H,10,11). The molecule has 3 nitrogen and oxygen atoms in total. The number of hydrogen-bond donors (Lipinski definition) is 2. The van der Waals surface area contributed by atoms with Gasteiger partial charge in [-0.1, -0.05) is 13.3 Å². The molecule has 2 unspecified atom stereocenters. The van der Waals surface area contributed by atoms with Crippen LogP contribution >= 0.6 is 0 Å². The number of hydrogen-bond acceptors (Lipinski definition) is 2. The van der Waals surface area contributed by atoms with Crippen LogP contribution in [0.15, 0.2) is 0 Å². The summed E-state index contributed by atoms with van der Waals surface area (Å²) in [7, 11) is 0. The van der Waals surface area contributed by atoms with Crippen LogP contribution in [0.2, 0.25) is 0 Å². The summed E-state index contributed by atoms with van der Waals surface area (Å²) < 4.78 is 0. The fourth-order valence-electron chi connectivity index (χ4n) is 1.47. The van der Waals surface area contributed by atoms with Crippen molar-refractivity contribution < 1.29 is 9.90 Å². The normalized spacial score (nSPS) is 31.7. The number of rotatable bonds is 2. The maximum Gasteiger partial charge on any atom is 0.320 e. The van der Waals surface area contributed by atoms with Crippen molar-refractivity contribution in [2.24, 2.45) is 5.92 Å². The lowest BCUT2D eigenvalue weighted by molar-refractivity contribution is -0.140. The fourth-order valence-corrected chi connectivity index (χ4v) is 1.47. The maximum atomic E-state index is 10.5. The molecule has 1 aliphatic heterocycles. The molecule has 1 aliphatic rings. The third-order valence-corrected chi connectivity index (χ3v) is 2.39. The first-order chi connectivity index (χ1) is 5.24. The molecule has 64 valence electrons. The second kappa shape index (κ2) is 3.72. The van der Waals surface area contributed by atoms with Crippen LogP contribution in [0.1, 0.15) is 26.2 Å². The Morgan fingerprint density at radius 1 is 1.64 bits per heavy atom. The van der Waals surface area contributed by atoms with E-state index in [0.29, 0.717) is 5.92 Å². The first kappa shape index (κ1) is 8.53. The minimum atomic E-state index is -0.709. The quantitative estimate of drug-likeness (QED) is 0.624. The highest BCUT2D eigenvalue weighted by atomic mass is 16.4. The van der Waals surface area contributed by atoms with Crippen molar-refractivity contribution in [2.45, 2.75) is 32.2 Å². The van der Waals surface area contributed by atoms with Gasteiger partial charge in [0.1, 0.15) is 6.04 Å².